The highest BCUT2D eigenvalue weighted by Gasteiger charge is 2.26. The van der Waals surface area contributed by atoms with Crippen molar-refractivity contribution in [2.75, 3.05) is 13.0 Å². The fraction of sp³-hybridized carbons (Fsp3) is 1.00. The van der Waals surface area contributed by atoms with Crippen LogP contribution in [-0.2, 0) is 4.74 Å². The molecule has 0 aliphatic heterocycles. The molecule has 0 spiro atoms. The van der Waals surface area contributed by atoms with Gasteiger partial charge in [0.2, 0.25) is 0 Å². The van der Waals surface area contributed by atoms with E-state index < -0.39 is 0 Å². The van der Waals surface area contributed by atoms with Gasteiger partial charge in [-0.25, -0.2) is 0 Å². The summed E-state index contributed by atoms with van der Waals surface area (Å²) >= 11 is 6.02. The van der Waals surface area contributed by atoms with Crippen molar-refractivity contribution in [1.29, 1.82) is 0 Å². The Hall–Kier alpha value is 0.250. The molecule has 86 valence electrons. The molecule has 0 aromatic rings. The molecular weight excluding hydrogens is 196 g/mol. The van der Waals surface area contributed by atoms with E-state index in [1.165, 1.54) is 12.8 Å². The van der Waals surface area contributed by atoms with Crippen LogP contribution in [0.4, 0.5) is 0 Å². The number of rotatable bonds is 7. The van der Waals surface area contributed by atoms with Crippen molar-refractivity contribution in [3.05, 3.63) is 0 Å². The Labute approximate surface area is 94.2 Å². The number of hydrogen-bond acceptors (Lipinski definition) is 1. The average Bonchev–Trinajstić information content (AvgIpc) is 2.16. The van der Waals surface area contributed by atoms with Gasteiger partial charge in [0.25, 0.3) is 0 Å². The summed E-state index contributed by atoms with van der Waals surface area (Å²) in [7, 11) is 1.78. The van der Waals surface area contributed by atoms with Crippen molar-refractivity contribution in [1.82, 2.24) is 0 Å². The van der Waals surface area contributed by atoms with Crippen LogP contribution in [0.5, 0.6) is 0 Å². The molecule has 1 nitrogen and oxygen atoms in total. The van der Waals surface area contributed by atoms with E-state index in [1.807, 2.05) is 0 Å². The Morgan fingerprint density at radius 3 is 2.00 bits per heavy atom. The number of hydrogen-bond donors (Lipinski definition) is 0. The molecule has 0 rings (SSSR count). The predicted octanol–water partition coefficient (Wildman–Crippen LogP) is 4.24. The van der Waals surface area contributed by atoms with Crippen LogP contribution in [0.2, 0.25) is 0 Å². The Morgan fingerprint density at radius 1 is 1.07 bits per heavy atom. The molecule has 0 radical (unpaired) electrons. The summed E-state index contributed by atoms with van der Waals surface area (Å²) < 4.78 is 5.41. The normalized spacial score (nSPS) is 16.7. The molecular formula is C12H25ClO. The summed E-state index contributed by atoms with van der Waals surface area (Å²) in [6, 6.07) is 0. The summed E-state index contributed by atoms with van der Waals surface area (Å²) in [5.74, 6) is 0.751. The fourth-order valence-electron chi connectivity index (χ4n) is 1.57. The van der Waals surface area contributed by atoms with Crippen molar-refractivity contribution in [2.45, 2.75) is 59.0 Å². The first kappa shape index (κ1) is 14.2. The maximum absolute atomic E-state index is 6.02. The van der Waals surface area contributed by atoms with E-state index in [-0.39, 0.29) is 11.0 Å². The number of ether oxygens (including phenoxy) is 1. The lowest BCUT2D eigenvalue weighted by Gasteiger charge is -2.31. The third kappa shape index (κ3) is 5.21. The average molecular weight is 221 g/mol. The van der Waals surface area contributed by atoms with Gasteiger partial charge < -0.3 is 4.74 Å². The number of methoxy groups -OCH3 is 1. The lowest BCUT2D eigenvalue weighted by atomic mass is 9.80. The van der Waals surface area contributed by atoms with Crippen LogP contribution in [0.1, 0.15) is 53.4 Å². The standard InChI is InChI=1S/C12H25ClO/c1-6-7-12(4,10-13)9-8-11(2,3)14-5/h6-10H2,1-5H3. The van der Waals surface area contributed by atoms with E-state index >= 15 is 0 Å². The fourth-order valence-corrected chi connectivity index (χ4v) is 1.83. The van der Waals surface area contributed by atoms with Gasteiger partial charge in [-0.05, 0) is 38.5 Å². The molecule has 14 heavy (non-hydrogen) atoms. The first-order valence-electron chi connectivity index (χ1n) is 5.50. The molecule has 0 saturated heterocycles. The molecule has 0 N–H and O–H groups in total. The van der Waals surface area contributed by atoms with E-state index in [4.69, 9.17) is 16.3 Å². The van der Waals surface area contributed by atoms with Crippen LogP contribution in [0, 0.1) is 5.41 Å². The first-order valence-corrected chi connectivity index (χ1v) is 6.04. The number of alkyl halides is 1. The molecule has 0 saturated carbocycles. The monoisotopic (exact) mass is 220 g/mol. The molecule has 1 unspecified atom stereocenters. The molecule has 0 aromatic heterocycles. The zero-order valence-electron chi connectivity index (χ0n) is 10.3. The zero-order valence-corrected chi connectivity index (χ0v) is 11.1. The van der Waals surface area contributed by atoms with Crippen LogP contribution in [0.25, 0.3) is 0 Å². The lowest BCUT2D eigenvalue weighted by Crippen LogP contribution is -2.27. The summed E-state index contributed by atoms with van der Waals surface area (Å²) in [5, 5.41) is 0. The smallest absolute Gasteiger partial charge is 0.0623 e. The molecule has 0 amide bonds. The third-order valence-electron chi connectivity index (χ3n) is 3.06. The van der Waals surface area contributed by atoms with E-state index in [0.717, 1.165) is 18.7 Å². The van der Waals surface area contributed by atoms with Crippen LogP contribution in [0.3, 0.4) is 0 Å². The molecule has 0 aliphatic rings. The highest BCUT2D eigenvalue weighted by Crippen LogP contribution is 2.33. The van der Waals surface area contributed by atoms with Gasteiger partial charge in [0, 0.05) is 13.0 Å². The van der Waals surface area contributed by atoms with E-state index in [1.54, 1.807) is 7.11 Å². The molecule has 0 bridgehead atoms. The molecule has 2 heteroatoms. The van der Waals surface area contributed by atoms with Crippen LogP contribution in [-0.4, -0.2) is 18.6 Å². The Balaban J connectivity index is 4.06. The summed E-state index contributed by atoms with van der Waals surface area (Å²) in [4.78, 5) is 0. The minimum Gasteiger partial charge on any atom is -0.379 e. The molecule has 0 fully saturated rings. The van der Waals surface area contributed by atoms with Crippen LogP contribution < -0.4 is 0 Å². The SMILES string of the molecule is CCCC(C)(CCl)CCC(C)(C)OC. The summed E-state index contributed by atoms with van der Waals surface area (Å²) in [5.41, 5.74) is 0.271. The minimum atomic E-state index is -0.0128. The maximum atomic E-state index is 6.02. The second kappa shape index (κ2) is 5.97. The van der Waals surface area contributed by atoms with Crippen molar-refractivity contribution < 1.29 is 4.74 Å². The van der Waals surface area contributed by atoms with Crippen LogP contribution >= 0.6 is 11.6 Å². The van der Waals surface area contributed by atoms with Gasteiger partial charge in [-0.3, -0.25) is 0 Å². The third-order valence-corrected chi connectivity index (χ3v) is 3.70. The Bertz CT molecular complexity index is 156. The largest absolute Gasteiger partial charge is 0.379 e. The molecule has 1 atom stereocenters. The molecule has 0 heterocycles. The highest BCUT2D eigenvalue weighted by atomic mass is 35.5. The zero-order chi connectivity index (χ0) is 11.2. The van der Waals surface area contributed by atoms with E-state index in [9.17, 15) is 0 Å². The molecule has 0 aromatic carbocycles. The van der Waals surface area contributed by atoms with Gasteiger partial charge in [-0.2, -0.15) is 0 Å². The second-order valence-corrected chi connectivity index (χ2v) is 5.43. The van der Waals surface area contributed by atoms with Crippen molar-refractivity contribution >= 4 is 11.6 Å². The minimum absolute atomic E-state index is 0.0128. The molecule has 0 aliphatic carbocycles. The van der Waals surface area contributed by atoms with E-state index in [0.29, 0.717) is 0 Å². The van der Waals surface area contributed by atoms with Gasteiger partial charge in [0.1, 0.15) is 0 Å². The predicted molar refractivity (Wildman–Crippen MR) is 64.1 cm³/mol. The van der Waals surface area contributed by atoms with Gasteiger partial charge in [-0.15, -0.1) is 11.6 Å². The van der Waals surface area contributed by atoms with Crippen LogP contribution in [0.15, 0.2) is 0 Å². The number of halogens is 1. The summed E-state index contributed by atoms with van der Waals surface area (Å²) in [6.07, 6.45) is 4.63. The van der Waals surface area contributed by atoms with Gasteiger partial charge in [0.05, 0.1) is 5.60 Å². The summed E-state index contributed by atoms with van der Waals surface area (Å²) in [6.45, 7) is 8.75. The maximum Gasteiger partial charge on any atom is 0.0623 e. The topological polar surface area (TPSA) is 9.23 Å². The van der Waals surface area contributed by atoms with Crippen molar-refractivity contribution in [3.63, 3.8) is 0 Å². The van der Waals surface area contributed by atoms with Crippen molar-refractivity contribution in [2.24, 2.45) is 5.41 Å². The Morgan fingerprint density at radius 2 is 1.64 bits per heavy atom. The van der Waals surface area contributed by atoms with Gasteiger partial charge in [-0.1, -0.05) is 20.3 Å². The van der Waals surface area contributed by atoms with E-state index in [2.05, 4.69) is 27.7 Å². The first-order chi connectivity index (χ1) is 6.39. The second-order valence-electron chi connectivity index (χ2n) is 5.16. The van der Waals surface area contributed by atoms with Gasteiger partial charge in [0.15, 0.2) is 0 Å². The van der Waals surface area contributed by atoms with Gasteiger partial charge >= 0.3 is 0 Å². The Kier molecular flexibility index (Phi) is 6.08. The highest BCUT2D eigenvalue weighted by molar-refractivity contribution is 6.18. The van der Waals surface area contributed by atoms with Crippen molar-refractivity contribution in [3.8, 4) is 0 Å². The lowest BCUT2D eigenvalue weighted by molar-refractivity contribution is 0.00550. The quantitative estimate of drug-likeness (QED) is 0.584.